The van der Waals surface area contributed by atoms with Crippen molar-refractivity contribution < 1.29 is 4.79 Å². The van der Waals surface area contributed by atoms with Crippen molar-refractivity contribution in [1.29, 1.82) is 0 Å². The van der Waals surface area contributed by atoms with E-state index in [9.17, 15) is 4.79 Å². The Kier molecular flexibility index (Phi) is 3.82. The Morgan fingerprint density at radius 1 is 1.06 bits per heavy atom. The summed E-state index contributed by atoms with van der Waals surface area (Å²) < 4.78 is 0. The normalized spacial score (nSPS) is 16.7. The van der Waals surface area contributed by atoms with E-state index < -0.39 is 0 Å². The molecule has 0 spiro atoms. The van der Waals surface area contributed by atoms with Crippen LogP contribution in [0.1, 0.15) is 47.2 Å². The van der Waals surface area contributed by atoms with Gasteiger partial charge in [-0.1, -0.05) is 30.5 Å². The number of hydrogen-bond donors (Lipinski definition) is 0. The Bertz CT molecular complexity index is 403. The van der Waals surface area contributed by atoms with E-state index in [2.05, 4.69) is 6.07 Å². The van der Waals surface area contributed by atoms with Gasteiger partial charge in [0.2, 0.25) is 0 Å². The van der Waals surface area contributed by atoms with Crippen LogP contribution in [0.4, 0.5) is 0 Å². The molecule has 0 unspecified atom stereocenters. The maximum atomic E-state index is 12.5. The smallest absolute Gasteiger partial charge is 0.254 e. The van der Waals surface area contributed by atoms with E-state index in [1.165, 1.54) is 12.8 Å². The first-order valence-electron chi connectivity index (χ1n) is 6.55. The lowest BCUT2D eigenvalue weighted by atomic mass is 10.0. The maximum Gasteiger partial charge on any atom is 0.254 e. The number of likely N-dealkylation sites (tertiary alicyclic amines) is 1. The van der Waals surface area contributed by atoms with E-state index in [0.29, 0.717) is 0 Å². The van der Waals surface area contributed by atoms with Crippen molar-refractivity contribution in [1.82, 2.24) is 4.90 Å². The zero-order valence-corrected chi connectivity index (χ0v) is 10.8. The van der Waals surface area contributed by atoms with Crippen LogP contribution in [0.3, 0.4) is 0 Å². The third-order valence-electron chi connectivity index (χ3n) is 3.52. The summed E-state index contributed by atoms with van der Waals surface area (Å²) in [6.07, 6.45) is 4.82. The molecule has 0 aliphatic carbocycles. The molecular formula is C15H21NO. The highest BCUT2D eigenvalue weighted by Gasteiger charge is 2.18. The minimum atomic E-state index is 0.216. The Morgan fingerprint density at radius 3 is 2.35 bits per heavy atom. The summed E-state index contributed by atoms with van der Waals surface area (Å²) in [6.45, 7) is 5.90. The molecule has 1 fully saturated rings. The first kappa shape index (κ1) is 12.2. The lowest BCUT2D eigenvalue weighted by Gasteiger charge is -2.21. The molecule has 2 nitrogen and oxygen atoms in total. The lowest BCUT2D eigenvalue weighted by molar-refractivity contribution is 0.0761. The van der Waals surface area contributed by atoms with Crippen molar-refractivity contribution in [3.05, 3.63) is 34.9 Å². The third kappa shape index (κ3) is 2.87. The Labute approximate surface area is 104 Å². The lowest BCUT2D eigenvalue weighted by Crippen LogP contribution is -2.32. The molecule has 17 heavy (non-hydrogen) atoms. The molecule has 1 aliphatic heterocycles. The SMILES string of the molecule is Cc1ccc(C)c(C(=O)N2CCCCCC2)c1. The molecule has 0 bridgehead atoms. The van der Waals surface area contributed by atoms with Crippen LogP contribution in [0, 0.1) is 13.8 Å². The number of nitrogens with zero attached hydrogens (tertiary/aromatic N) is 1. The predicted molar refractivity (Wildman–Crippen MR) is 70.3 cm³/mol. The second kappa shape index (κ2) is 5.35. The van der Waals surface area contributed by atoms with Crippen molar-refractivity contribution in [2.75, 3.05) is 13.1 Å². The third-order valence-corrected chi connectivity index (χ3v) is 3.52. The second-order valence-corrected chi connectivity index (χ2v) is 5.02. The Balaban J connectivity index is 2.20. The molecule has 1 aromatic rings. The zero-order chi connectivity index (χ0) is 12.3. The molecule has 1 heterocycles. The van der Waals surface area contributed by atoms with E-state index in [4.69, 9.17) is 0 Å². The average Bonchev–Trinajstić information content (AvgIpc) is 2.60. The van der Waals surface area contributed by atoms with E-state index in [0.717, 1.165) is 42.6 Å². The van der Waals surface area contributed by atoms with Gasteiger partial charge in [-0.2, -0.15) is 0 Å². The quantitative estimate of drug-likeness (QED) is 0.726. The molecule has 0 radical (unpaired) electrons. The van der Waals surface area contributed by atoms with Crippen LogP contribution in [0.5, 0.6) is 0 Å². The molecule has 2 rings (SSSR count). The second-order valence-electron chi connectivity index (χ2n) is 5.02. The minimum absolute atomic E-state index is 0.216. The van der Waals surface area contributed by atoms with Gasteiger partial charge in [-0.05, 0) is 38.3 Å². The molecule has 0 atom stereocenters. The van der Waals surface area contributed by atoms with Crippen LogP contribution in [-0.2, 0) is 0 Å². The highest BCUT2D eigenvalue weighted by atomic mass is 16.2. The maximum absolute atomic E-state index is 12.5. The fourth-order valence-electron chi connectivity index (χ4n) is 2.41. The summed E-state index contributed by atoms with van der Waals surface area (Å²) in [4.78, 5) is 14.5. The highest BCUT2D eigenvalue weighted by Crippen LogP contribution is 2.17. The Morgan fingerprint density at radius 2 is 1.71 bits per heavy atom. The van der Waals surface area contributed by atoms with Crippen LogP contribution in [-0.4, -0.2) is 23.9 Å². The number of amides is 1. The summed E-state index contributed by atoms with van der Waals surface area (Å²) >= 11 is 0. The minimum Gasteiger partial charge on any atom is -0.339 e. The van der Waals surface area contributed by atoms with Gasteiger partial charge in [0.15, 0.2) is 0 Å². The van der Waals surface area contributed by atoms with Crippen molar-refractivity contribution >= 4 is 5.91 Å². The van der Waals surface area contributed by atoms with E-state index in [1.54, 1.807) is 0 Å². The fourth-order valence-corrected chi connectivity index (χ4v) is 2.41. The number of aryl methyl sites for hydroxylation is 2. The molecule has 0 N–H and O–H groups in total. The van der Waals surface area contributed by atoms with Gasteiger partial charge in [0.05, 0.1) is 0 Å². The largest absolute Gasteiger partial charge is 0.339 e. The van der Waals surface area contributed by atoms with Crippen LogP contribution >= 0.6 is 0 Å². The van der Waals surface area contributed by atoms with Gasteiger partial charge in [0.1, 0.15) is 0 Å². The summed E-state index contributed by atoms with van der Waals surface area (Å²) in [5.41, 5.74) is 3.13. The van der Waals surface area contributed by atoms with Crippen LogP contribution in [0.2, 0.25) is 0 Å². The van der Waals surface area contributed by atoms with Gasteiger partial charge in [0, 0.05) is 18.7 Å². The first-order valence-corrected chi connectivity index (χ1v) is 6.55. The van der Waals surface area contributed by atoms with Gasteiger partial charge >= 0.3 is 0 Å². The van der Waals surface area contributed by atoms with Gasteiger partial charge in [-0.3, -0.25) is 4.79 Å². The molecule has 1 aliphatic rings. The molecule has 0 saturated carbocycles. The number of carbonyl (C=O) groups excluding carboxylic acids is 1. The fraction of sp³-hybridized carbons (Fsp3) is 0.533. The summed E-state index contributed by atoms with van der Waals surface area (Å²) in [7, 11) is 0. The standard InChI is InChI=1S/C15H21NO/c1-12-7-8-13(2)14(11-12)15(17)16-9-5-3-4-6-10-16/h7-8,11H,3-6,9-10H2,1-2H3. The first-order chi connectivity index (χ1) is 8.18. The van der Waals surface area contributed by atoms with E-state index in [-0.39, 0.29) is 5.91 Å². The van der Waals surface area contributed by atoms with Crippen LogP contribution < -0.4 is 0 Å². The summed E-state index contributed by atoms with van der Waals surface area (Å²) in [5, 5.41) is 0. The van der Waals surface area contributed by atoms with Crippen molar-refractivity contribution in [2.24, 2.45) is 0 Å². The topological polar surface area (TPSA) is 20.3 Å². The number of carbonyl (C=O) groups is 1. The summed E-state index contributed by atoms with van der Waals surface area (Å²) in [6, 6.07) is 6.12. The van der Waals surface area contributed by atoms with E-state index in [1.807, 2.05) is 30.9 Å². The van der Waals surface area contributed by atoms with Gasteiger partial charge in [-0.25, -0.2) is 0 Å². The molecule has 1 amide bonds. The summed E-state index contributed by atoms with van der Waals surface area (Å²) in [5.74, 6) is 0.216. The average molecular weight is 231 g/mol. The molecule has 1 saturated heterocycles. The van der Waals surface area contributed by atoms with Crippen LogP contribution in [0.25, 0.3) is 0 Å². The van der Waals surface area contributed by atoms with Gasteiger partial charge < -0.3 is 4.90 Å². The van der Waals surface area contributed by atoms with Crippen molar-refractivity contribution in [2.45, 2.75) is 39.5 Å². The predicted octanol–water partition coefficient (Wildman–Crippen LogP) is 3.32. The molecule has 92 valence electrons. The van der Waals surface area contributed by atoms with Crippen molar-refractivity contribution in [3.8, 4) is 0 Å². The molecule has 2 heteroatoms. The van der Waals surface area contributed by atoms with Crippen LogP contribution in [0.15, 0.2) is 18.2 Å². The number of hydrogen-bond acceptors (Lipinski definition) is 1. The molecule has 0 aromatic heterocycles. The van der Waals surface area contributed by atoms with Crippen molar-refractivity contribution in [3.63, 3.8) is 0 Å². The highest BCUT2D eigenvalue weighted by molar-refractivity contribution is 5.95. The molecular weight excluding hydrogens is 210 g/mol. The monoisotopic (exact) mass is 231 g/mol. The Hall–Kier alpha value is -1.31. The number of benzene rings is 1. The van der Waals surface area contributed by atoms with E-state index >= 15 is 0 Å². The number of rotatable bonds is 1. The van der Waals surface area contributed by atoms with Gasteiger partial charge in [-0.15, -0.1) is 0 Å². The van der Waals surface area contributed by atoms with Gasteiger partial charge in [0.25, 0.3) is 5.91 Å². The molecule has 1 aromatic carbocycles. The zero-order valence-electron chi connectivity index (χ0n) is 10.8.